The predicted octanol–water partition coefficient (Wildman–Crippen LogP) is 1.74. The van der Waals surface area contributed by atoms with E-state index in [0.29, 0.717) is 37.1 Å². The summed E-state index contributed by atoms with van der Waals surface area (Å²) in [7, 11) is -1.47. The summed E-state index contributed by atoms with van der Waals surface area (Å²) in [6.07, 6.45) is 3.98. The van der Waals surface area contributed by atoms with E-state index in [0.717, 1.165) is 50.1 Å². The van der Waals surface area contributed by atoms with E-state index in [1.165, 1.54) is 0 Å². The zero-order valence-corrected chi connectivity index (χ0v) is 16.2. The van der Waals surface area contributed by atoms with Gasteiger partial charge in [0.2, 0.25) is 10.0 Å². The second-order valence-corrected chi connectivity index (χ2v) is 9.68. The number of hydrogen-bond donors (Lipinski definition) is 0. The van der Waals surface area contributed by atoms with Crippen LogP contribution in [0, 0.1) is 5.92 Å². The van der Waals surface area contributed by atoms with Crippen molar-refractivity contribution in [3.8, 4) is 5.75 Å². The fourth-order valence-electron chi connectivity index (χ4n) is 3.71. The Kier molecular flexibility index (Phi) is 5.23. The van der Waals surface area contributed by atoms with Crippen LogP contribution < -0.4 is 4.74 Å². The Bertz CT molecular complexity index is 748. The molecule has 0 N–H and O–H groups in total. The number of benzene rings is 1. The van der Waals surface area contributed by atoms with Crippen molar-refractivity contribution in [2.75, 3.05) is 46.4 Å². The Morgan fingerprint density at radius 2 is 2.08 bits per heavy atom. The third-order valence-corrected chi connectivity index (χ3v) is 7.25. The first-order valence-corrected chi connectivity index (χ1v) is 11.0. The molecule has 144 valence electrons. The molecule has 3 aliphatic rings. The van der Waals surface area contributed by atoms with Crippen molar-refractivity contribution < 1.29 is 17.9 Å². The molecule has 2 fully saturated rings. The van der Waals surface area contributed by atoms with Gasteiger partial charge in [0.05, 0.1) is 24.2 Å². The lowest BCUT2D eigenvalue weighted by molar-refractivity contribution is -0.0268. The number of fused-ring (bicyclic) bond motifs is 1. The molecule has 0 amide bonds. The highest BCUT2D eigenvalue weighted by Crippen LogP contribution is 2.33. The van der Waals surface area contributed by atoms with Gasteiger partial charge >= 0.3 is 0 Å². The van der Waals surface area contributed by atoms with Crippen LogP contribution in [-0.4, -0.2) is 70.2 Å². The summed E-state index contributed by atoms with van der Waals surface area (Å²) in [5, 5.41) is 0. The topological polar surface area (TPSA) is 59.1 Å². The van der Waals surface area contributed by atoms with Gasteiger partial charge in [-0.15, -0.1) is 0 Å². The Hall–Kier alpha value is -1.15. The Labute approximate surface area is 156 Å². The standard InChI is InChI=1S/C19H28N2O4S/c1-20-8-10-24-17(13-20)14-21(12-15-4-5-15)26(22,23)18-6-7-19-16(11-18)3-2-9-25-19/h6-7,11,15,17H,2-5,8-10,12-14H2,1H3. The molecule has 4 rings (SSSR count). The quantitative estimate of drug-likeness (QED) is 0.752. The monoisotopic (exact) mass is 380 g/mol. The number of morpholine rings is 1. The number of likely N-dealkylation sites (N-methyl/N-ethyl adjacent to an activating group) is 1. The van der Waals surface area contributed by atoms with Crippen LogP contribution >= 0.6 is 0 Å². The van der Waals surface area contributed by atoms with Crippen LogP contribution in [0.4, 0.5) is 0 Å². The molecule has 2 aliphatic heterocycles. The Morgan fingerprint density at radius 3 is 2.85 bits per heavy atom. The predicted molar refractivity (Wildman–Crippen MR) is 99.0 cm³/mol. The minimum atomic E-state index is -3.53. The van der Waals surface area contributed by atoms with Gasteiger partial charge in [-0.25, -0.2) is 8.42 Å². The number of sulfonamides is 1. The van der Waals surface area contributed by atoms with Crippen LogP contribution in [0.2, 0.25) is 0 Å². The van der Waals surface area contributed by atoms with Gasteiger partial charge in [-0.05, 0) is 62.4 Å². The molecule has 0 spiro atoms. The first-order chi connectivity index (χ1) is 12.5. The van der Waals surface area contributed by atoms with E-state index in [9.17, 15) is 8.42 Å². The normalized spacial score (nSPS) is 24.3. The Balaban J connectivity index is 1.56. The van der Waals surface area contributed by atoms with Gasteiger partial charge in [0.25, 0.3) is 0 Å². The van der Waals surface area contributed by atoms with Crippen molar-refractivity contribution in [1.29, 1.82) is 0 Å². The zero-order chi connectivity index (χ0) is 18.1. The molecule has 1 atom stereocenters. The van der Waals surface area contributed by atoms with E-state index >= 15 is 0 Å². The van der Waals surface area contributed by atoms with Gasteiger partial charge in [0.1, 0.15) is 5.75 Å². The lowest BCUT2D eigenvalue weighted by Crippen LogP contribution is -2.48. The molecule has 0 aromatic heterocycles. The summed E-state index contributed by atoms with van der Waals surface area (Å²) in [4.78, 5) is 2.58. The van der Waals surface area contributed by atoms with Crippen LogP contribution in [0.25, 0.3) is 0 Å². The molecule has 26 heavy (non-hydrogen) atoms. The largest absolute Gasteiger partial charge is 0.493 e. The first kappa shape index (κ1) is 18.2. The molecule has 1 aromatic carbocycles. The molecular weight excluding hydrogens is 352 g/mol. The maximum atomic E-state index is 13.4. The van der Waals surface area contributed by atoms with E-state index in [2.05, 4.69) is 11.9 Å². The first-order valence-electron chi connectivity index (χ1n) is 9.58. The number of nitrogens with zero attached hydrogens (tertiary/aromatic N) is 2. The third kappa shape index (κ3) is 4.06. The molecule has 1 aromatic rings. The molecular formula is C19H28N2O4S. The zero-order valence-electron chi connectivity index (χ0n) is 15.4. The van der Waals surface area contributed by atoms with Gasteiger partial charge in [0, 0.05) is 26.2 Å². The maximum absolute atomic E-state index is 13.4. The van der Waals surface area contributed by atoms with Crippen LogP contribution in [0.5, 0.6) is 5.75 Å². The van der Waals surface area contributed by atoms with Gasteiger partial charge in [-0.1, -0.05) is 0 Å². The molecule has 2 heterocycles. The van der Waals surface area contributed by atoms with Crippen molar-refractivity contribution >= 4 is 10.0 Å². The summed E-state index contributed by atoms with van der Waals surface area (Å²) < 4.78 is 39.8. The van der Waals surface area contributed by atoms with Crippen molar-refractivity contribution in [2.45, 2.75) is 36.7 Å². The van der Waals surface area contributed by atoms with Crippen LogP contribution in [0.3, 0.4) is 0 Å². The molecule has 7 heteroatoms. The number of aryl methyl sites for hydroxylation is 1. The van der Waals surface area contributed by atoms with Gasteiger partial charge < -0.3 is 14.4 Å². The Morgan fingerprint density at radius 1 is 1.23 bits per heavy atom. The fraction of sp³-hybridized carbons (Fsp3) is 0.684. The van der Waals surface area contributed by atoms with E-state index < -0.39 is 10.0 Å². The lowest BCUT2D eigenvalue weighted by Gasteiger charge is -2.33. The summed E-state index contributed by atoms with van der Waals surface area (Å²) in [6, 6.07) is 5.30. The highest BCUT2D eigenvalue weighted by Gasteiger charge is 2.34. The third-order valence-electron chi connectivity index (χ3n) is 5.43. The van der Waals surface area contributed by atoms with E-state index in [-0.39, 0.29) is 6.10 Å². The van der Waals surface area contributed by atoms with E-state index in [4.69, 9.17) is 9.47 Å². The molecule has 0 radical (unpaired) electrons. The number of hydrogen-bond acceptors (Lipinski definition) is 5. The maximum Gasteiger partial charge on any atom is 0.243 e. The van der Waals surface area contributed by atoms with Crippen molar-refractivity contribution in [2.24, 2.45) is 5.92 Å². The van der Waals surface area contributed by atoms with Crippen molar-refractivity contribution in [1.82, 2.24) is 9.21 Å². The van der Waals surface area contributed by atoms with Crippen LogP contribution in [0.15, 0.2) is 23.1 Å². The van der Waals surface area contributed by atoms with Crippen molar-refractivity contribution in [3.05, 3.63) is 23.8 Å². The van der Waals surface area contributed by atoms with E-state index in [1.807, 2.05) is 6.07 Å². The SMILES string of the molecule is CN1CCOC(CN(CC2CC2)S(=O)(=O)c2ccc3c(c2)CCCO3)C1. The highest BCUT2D eigenvalue weighted by molar-refractivity contribution is 7.89. The minimum Gasteiger partial charge on any atom is -0.493 e. The van der Waals surface area contributed by atoms with Gasteiger partial charge in [-0.3, -0.25) is 0 Å². The minimum absolute atomic E-state index is 0.0664. The van der Waals surface area contributed by atoms with Gasteiger partial charge in [-0.2, -0.15) is 4.31 Å². The molecule has 6 nitrogen and oxygen atoms in total. The molecule has 1 unspecified atom stereocenters. The summed E-state index contributed by atoms with van der Waals surface area (Å²) in [5.41, 5.74) is 0.998. The van der Waals surface area contributed by atoms with Gasteiger partial charge in [0.15, 0.2) is 0 Å². The lowest BCUT2D eigenvalue weighted by atomic mass is 10.1. The molecule has 1 saturated heterocycles. The summed E-state index contributed by atoms with van der Waals surface area (Å²) >= 11 is 0. The second-order valence-electron chi connectivity index (χ2n) is 7.74. The smallest absolute Gasteiger partial charge is 0.243 e. The average Bonchev–Trinajstić information content (AvgIpc) is 3.45. The summed E-state index contributed by atoms with van der Waals surface area (Å²) in [6.45, 7) is 4.07. The highest BCUT2D eigenvalue weighted by atomic mass is 32.2. The molecule has 0 bridgehead atoms. The van der Waals surface area contributed by atoms with E-state index in [1.54, 1.807) is 16.4 Å². The number of ether oxygens (including phenoxy) is 2. The number of rotatable bonds is 6. The van der Waals surface area contributed by atoms with Crippen molar-refractivity contribution in [3.63, 3.8) is 0 Å². The molecule has 1 saturated carbocycles. The van der Waals surface area contributed by atoms with Crippen LogP contribution in [0.1, 0.15) is 24.8 Å². The fourth-order valence-corrected chi connectivity index (χ4v) is 5.31. The second kappa shape index (κ2) is 7.46. The summed E-state index contributed by atoms with van der Waals surface area (Å²) in [5.74, 6) is 1.31. The molecule has 1 aliphatic carbocycles. The van der Waals surface area contributed by atoms with Crippen LogP contribution in [-0.2, 0) is 21.2 Å². The average molecular weight is 381 g/mol.